The van der Waals surface area contributed by atoms with E-state index in [1.165, 1.54) is 12.0 Å². The Morgan fingerprint density at radius 3 is 2.63 bits per heavy atom. The van der Waals surface area contributed by atoms with Crippen LogP contribution in [0, 0.1) is 34.5 Å². The van der Waals surface area contributed by atoms with Crippen molar-refractivity contribution in [2.45, 2.75) is 59.3 Å². The molecule has 0 aromatic carbocycles. The monoisotopic (exact) mass is 419 g/mol. The first kappa shape index (κ1) is 23.0. The van der Waals surface area contributed by atoms with Crippen molar-refractivity contribution in [2.75, 3.05) is 27.3 Å². The summed E-state index contributed by atoms with van der Waals surface area (Å²) >= 11 is 0. The molecule has 1 amide bonds. The standard InChI is InChI=1S/C24H37NO5/c1-15-16(13-20(28)25(4)11-12-26)7-8-17-21(15)18(27)14-19-23(17,2)9-6-10-24(19,3)22(29)30-5/h13,15,17,19,21,26H,6-12,14H2,1-5H3/b16-13-/t15-,17-,19+,21-,23+,24-/m0/s1. The van der Waals surface area contributed by atoms with E-state index in [0.29, 0.717) is 13.0 Å². The van der Waals surface area contributed by atoms with E-state index in [1.807, 2.05) is 6.92 Å². The lowest BCUT2D eigenvalue weighted by Gasteiger charge is -2.60. The Kier molecular flexibility index (Phi) is 6.47. The maximum Gasteiger partial charge on any atom is 0.311 e. The lowest BCUT2D eigenvalue weighted by atomic mass is 9.43. The molecule has 0 aliphatic heterocycles. The van der Waals surface area contributed by atoms with E-state index in [-0.39, 0.29) is 53.4 Å². The number of hydrogen-bond donors (Lipinski definition) is 1. The van der Waals surface area contributed by atoms with E-state index >= 15 is 0 Å². The molecule has 0 heterocycles. The maximum absolute atomic E-state index is 13.4. The van der Waals surface area contributed by atoms with Gasteiger partial charge in [0, 0.05) is 32.0 Å². The summed E-state index contributed by atoms with van der Waals surface area (Å²) in [6.07, 6.45) is 6.54. The van der Waals surface area contributed by atoms with E-state index in [0.717, 1.165) is 37.7 Å². The maximum atomic E-state index is 13.4. The van der Waals surface area contributed by atoms with Crippen LogP contribution in [0.25, 0.3) is 0 Å². The number of esters is 1. The topological polar surface area (TPSA) is 83.9 Å². The summed E-state index contributed by atoms with van der Waals surface area (Å²) in [5, 5.41) is 9.08. The molecule has 0 radical (unpaired) electrons. The van der Waals surface area contributed by atoms with Gasteiger partial charge in [-0.25, -0.2) is 0 Å². The van der Waals surface area contributed by atoms with Crippen LogP contribution >= 0.6 is 0 Å². The average molecular weight is 420 g/mol. The van der Waals surface area contributed by atoms with Gasteiger partial charge in [0.15, 0.2) is 0 Å². The van der Waals surface area contributed by atoms with Crippen molar-refractivity contribution < 1.29 is 24.2 Å². The van der Waals surface area contributed by atoms with E-state index in [9.17, 15) is 14.4 Å². The zero-order valence-electron chi connectivity index (χ0n) is 19.1. The number of carbonyl (C=O) groups excluding carboxylic acids is 3. The smallest absolute Gasteiger partial charge is 0.311 e. The first-order valence-corrected chi connectivity index (χ1v) is 11.3. The molecule has 3 rings (SSSR count). The molecule has 0 aromatic heterocycles. The minimum absolute atomic E-state index is 0.00926. The van der Waals surface area contributed by atoms with Gasteiger partial charge in [0.05, 0.1) is 19.1 Å². The Morgan fingerprint density at radius 2 is 2.00 bits per heavy atom. The summed E-state index contributed by atoms with van der Waals surface area (Å²) in [6.45, 7) is 6.58. The van der Waals surface area contributed by atoms with Crippen molar-refractivity contribution in [1.29, 1.82) is 0 Å². The van der Waals surface area contributed by atoms with Gasteiger partial charge in [0.1, 0.15) is 5.78 Å². The van der Waals surface area contributed by atoms with E-state index in [4.69, 9.17) is 9.84 Å². The number of hydrogen-bond acceptors (Lipinski definition) is 5. The second kappa shape index (κ2) is 8.45. The van der Waals surface area contributed by atoms with Gasteiger partial charge < -0.3 is 14.7 Å². The largest absolute Gasteiger partial charge is 0.469 e. The highest BCUT2D eigenvalue weighted by Crippen LogP contribution is 2.64. The van der Waals surface area contributed by atoms with Crippen molar-refractivity contribution in [3.8, 4) is 0 Å². The molecular weight excluding hydrogens is 382 g/mol. The number of allylic oxidation sites excluding steroid dienone is 1. The zero-order chi connectivity index (χ0) is 22.3. The molecule has 1 N–H and O–H groups in total. The van der Waals surface area contributed by atoms with E-state index in [2.05, 4.69) is 13.8 Å². The normalized spacial score (nSPS) is 39.8. The second-order valence-electron chi connectivity index (χ2n) is 10.2. The van der Waals surface area contributed by atoms with Gasteiger partial charge in [-0.2, -0.15) is 0 Å². The van der Waals surface area contributed by atoms with Crippen LogP contribution < -0.4 is 0 Å². The molecule has 0 aromatic rings. The molecule has 0 saturated heterocycles. The van der Waals surface area contributed by atoms with Crippen molar-refractivity contribution in [2.24, 2.45) is 34.5 Å². The SMILES string of the molecule is COC(=O)[C@@]1(C)CCC[C@@]2(C)[C@H]1CC(=O)[C@H]1[C@@H](C)/C(=C\C(=O)N(C)CCO)CC[C@@H]12. The lowest BCUT2D eigenvalue weighted by molar-refractivity contribution is -0.178. The van der Waals surface area contributed by atoms with Crippen molar-refractivity contribution >= 4 is 17.7 Å². The summed E-state index contributed by atoms with van der Waals surface area (Å²) in [7, 11) is 3.12. The van der Waals surface area contributed by atoms with Crippen LogP contribution in [0.2, 0.25) is 0 Å². The fourth-order valence-corrected chi connectivity index (χ4v) is 6.91. The quantitative estimate of drug-likeness (QED) is 0.559. The Hall–Kier alpha value is -1.69. The summed E-state index contributed by atoms with van der Waals surface area (Å²) in [5.41, 5.74) is 0.357. The third-order valence-electron chi connectivity index (χ3n) is 8.67. The first-order valence-electron chi connectivity index (χ1n) is 11.3. The van der Waals surface area contributed by atoms with Crippen LogP contribution in [0.1, 0.15) is 59.3 Å². The summed E-state index contributed by atoms with van der Waals surface area (Å²) < 4.78 is 5.16. The Balaban J connectivity index is 1.89. The van der Waals surface area contributed by atoms with Crippen molar-refractivity contribution in [1.82, 2.24) is 4.90 Å². The number of nitrogens with zero attached hydrogens (tertiary/aromatic N) is 1. The van der Waals surface area contributed by atoms with Gasteiger partial charge in [-0.15, -0.1) is 0 Å². The number of aliphatic hydroxyl groups is 1. The summed E-state index contributed by atoms with van der Waals surface area (Å²) in [4.78, 5) is 40.1. The fraction of sp³-hybridized carbons (Fsp3) is 0.792. The molecule has 6 nitrogen and oxygen atoms in total. The van der Waals surface area contributed by atoms with Crippen LogP contribution in [0.5, 0.6) is 0 Å². The number of methoxy groups -OCH3 is 1. The molecule has 3 saturated carbocycles. The minimum Gasteiger partial charge on any atom is -0.469 e. The molecule has 0 unspecified atom stereocenters. The first-order chi connectivity index (χ1) is 14.1. The molecule has 30 heavy (non-hydrogen) atoms. The van der Waals surface area contributed by atoms with E-state index < -0.39 is 5.41 Å². The molecule has 3 aliphatic rings. The minimum atomic E-state index is -0.606. The fourth-order valence-electron chi connectivity index (χ4n) is 6.91. The van der Waals surface area contributed by atoms with Gasteiger partial charge in [-0.3, -0.25) is 14.4 Å². The molecule has 0 spiro atoms. The molecular formula is C24H37NO5. The Morgan fingerprint density at radius 1 is 1.30 bits per heavy atom. The predicted molar refractivity (Wildman–Crippen MR) is 113 cm³/mol. The number of rotatable bonds is 4. The number of Topliss-reactive ketones (excluding diaryl/α,β-unsaturated/α-hetero) is 1. The summed E-state index contributed by atoms with van der Waals surface area (Å²) in [6, 6.07) is 0. The number of fused-ring (bicyclic) bond motifs is 3. The molecule has 168 valence electrons. The highest BCUT2D eigenvalue weighted by molar-refractivity contribution is 5.89. The number of aliphatic hydroxyl groups excluding tert-OH is 1. The summed E-state index contributed by atoms with van der Waals surface area (Å²) in [5.74, 6) is 0.0856. The molecule has 0 bridgehead atoms. The third-order valence-corrected chi connectivity index (χ3v) is 8.67. The van der Waals surface area contributed by atoms with Gasteiger partial charge in [-0.1, -0.05) is 25.8 Å². The van der Waals surface area contributed by atoms with Crippen LogP contribution in [0.4, 0.5) is 0 Å². The number of likely N-dealkylation sites (N-methyl/N-ethyl adjacent to an activating group) is 1. The molecule has 3 aliphatic carbocycles. The van der Waals surface area contributed by atoms with E-state index in [1.54, 1.807) is 13.1 Å². The van der Waals surface area contributed by atoms with Gasteiger partial charge in [-0.05, 0) is 55.8 Å². The van der Waals surface area contributed by atoms with Crippen LogP contribution in [-0.4, -0.2) is 55.0 Å². The van der Waals surface area contributed by atoms with Gasteiger partial charge in [0.25, 0.3) is 0 Å². The Labute approximate surface area is 180 Å². The van der Waals surface area contributed by atoms with Crippen LogP contribution in [0.15, 0.2) is 11.6 Å². The predicted octanol–water partition coefficient (Wildman–Crippen LogP) is 2.98. The Bertz CT molecular complexity index is 746. The zero-order valence-corrected chi connectivity index (χ0v) is 19.1. The lowest BCUT2D eigenvalue weighted by Crippen LogP contribution is -2.59. The number of ether oxygens (including phenoxy) is 1. The average Bonchev–Trinajstić information content (AvgIpc) is 2.70. The van der Waals surface area contributed by atoms with Gasteiger partial charge >= 0.3 is 5.97 Å². The number of amides is 1. The molecule has 6 atom stereocenters. The highest BCUT2D eigenvalue weighted by Gasteiger charge is 2.62. The number of carbonyl (C=O) groups is 3. The third kappa shape index (κ3) is 3.61. The highest BCUT2D eigenvalue weighted by atomic mass is 16.5. The molecule has 3 fully saturated rings. The van der Waals surface area contributed by atoms with Crippen LogP contribution in [-0.2, 0) is 19.1 Å². The van der Waals surface area contributed by atoms with Crippen LogP contribution in [0.3, 0.4) is 0 Å². The van der Waals surface area contributed by atoms with Gasteiger partial charge in [0.2, 0.25) is 5.91 Å². The van der Waals surface area contributed by atoms with Crippen molar-refractivity contribution in [3.05, 3.63) is 11.6 Å². The van der Waals surface area contributed by atoms with Crippen molar-refractivity contribution in [3.63, 3.8) is 0 Å². The number of ketones is 1. The molecule has 6 heteroatoms. The second-order valence-corrected chi connectivity index (χ2v) is 10.2.